The lowest BCUT2D eigenvalue weighted by Gasteiger charge is -2.11. The van der Waals surface area contributed by atoms with Gasteiger partial charge in [0.15, 0.2) is 0 Å². The van der Waals surface area contributed by atoms with Crippen LogP contribution in [-0.2, 0) is 4.79 Å². The van der Waals surface area contributed by atoms with E-state index in [0.717, 1.165) is 11.6 Å². The number of thioether (sulfide) groups is 1. The summed E-state index contributed by atoms with van der Waals surface area (Å²) in [5.74, 6) is 1.58. The minimum Gasteiger partial charge on any atom is -0.506 e. The molecule has 0 radical (unpaired) electrons. The van der Waals surface area contributed by atoms with Crippen molar-refractivity contribution in [3.63, 3.8) is 0 Å². The zero-order valence-electron chi connectivity index (χ0n) is 8.06. The summed E-state index contributed by atoms with van der Waals surface area (Å²) in [5.41, 5.74) is 0.459. The van der Waals surface area contributed by atoms with Crippen LogP contribution >= 0.6 is 11.8 Å². The molecule has 1 saturated heterocycles. The normalized spacial score (nSPS) is 20.1. The molecule has 0 saturated carbocycles. The van der Waals surface area contributed by atoms with Crippen LogP contribution in [0, 0.1) is 0 Å². The number of aromatic hydroxyl groups is 1. The Hall–Kier alpha value is -1.20. The Morgan fingerprint density at radius 1 is 1.53 bits per heavy atom. The van der Waals surface area contributed by atoms with Gasteiger partial charge in [0.05, 0.1) is 11.7 Å². The number of nitrogens with one attached hydrogen (secondary N) is 2. The first-order valence-corrected chi connectivity index (χ1v) is 5.83. The van der Waals surface area contributed by atoms with E-state index in [1.165, 1.54) is 0 Å². The highest BCUT2D eigenvalue weighted by molar-refractivity contribution is 7.99. The highest BCUT2D eigenvalue weighted by Gasteiger charge is 2.22. The summed E-state index contributed by atoms with van der Waals surface area (Å²) in [6, 6.07) is 6.55. The minimum atomic E-state index is -0.158. The zero-order valence-corrected chi connectivity index (χ0v) is 8.88. The predicted molar refractivity (Wildman–Crippen MR) is 61.0 cm³/mol. The number of para-hydroxylation sites is 2. The summed E-state index contributed by atoms with van der Waals surface area (Å²) in [6.07, 6.45) is 0. The quantitative estimate of drug-likeness (QED) is 0.656. The number of carbonyl (C=O) groups is 1. The molecule has 1 fully saturated rings. The van der Waals surface area contributed by atoms with Crippen LogP contribution in [-0.4, -0.2) is 28.7 Å². The van der Waals surface area contributed by atoms with Crippen molar-refractivity contribution in [2.45, 2.75) is 6.04 Å². The second kappa shape index (κ2) is 4.55. The van der Waals surface area contributed by atoms with Gasteiger partial charge in [-0.2, -0.15) is 0 Å². The molecule has 2 rings (SSSR count). The largest absolute Gasteiger partial charge is 0.506 e. The number of hydrogen-bond acceptors (Lipinski definition) is 4. The first-order chi connectivity index (χ1) is 7.27. The van der Waals surface area contributed by atoms with Crippen LogP contribution in [0.15, 0.2) is 24.3 Å². The van der Waals surface area contributed by atoms with Gasteiger partial charge in [-0.15, -0.1) is 11.8 Å². The third-order valence-electron chi connectivity index (χ3n) is 2.19. The molecule has 1 aromatic carbocycles. The van der Waals surface area contributed by atoms with E-state index in [-0.39, 0.29) is 17.7 Å². The molecule has 1 amide bonds. The molecule has 80 valence electrons. The van der Waals surface area contributed by atoms with Crippen LogP contribution in [0.25, 0.3) is 0 Å². The molecule has 0 bridgehead atoms. The number of phenols is 1. The van der Waals surface area contributed by atoms with Gasteiger partial charge in [0.25, 0.3) is 0 Å². The Balaban J connectivity index is 2.02. The number of amides is 1. The average molecular weight is 224 g/mol. The Kier molecular flexibility index (Phi) is 3.13. The van der Waals surface area contributed by atoms with E-state index >= 15 is 0 Å². The maximum atomic E-state index is 11.7. The molecule has 0 aromatic heterocycles. The smallest absolute Gasteiger partial charge is 0.242 e. The van der Waals surface area contributed by atoms with Gasteiger partial charge in [0, 0.05) is 11.6 Å². The predicted octanol–water partition coefficient (Wildman–Crippen LogP) is 0.993. The summed E-state index contributed by atoms with van der Waals surface area (Å²) in [5, 5.41) is 15.2. The SMILES string of the molecule is O=C(Nc1ccccc1O)[C@H]1CSCN1. The van der Waals surface area contributed by atoms with Crippen molar-refractivity contribution in [1.82, 2.24) is 5.32 Å². The van der Waals surface area contributed by atoms with Crippen molar-refractivity contribution in [2.24, 2.45) is 0 Å². The highest BCUT2D eigenvalue weighted by Crippen LogP contribution is 2.22. The topological polar surface area (TPSA) is 61.4 Å². The van der Waals surface area contributed by atoms with Gasteiger partial charge in [0.2, 0.25) is 5.91 Å². The number of rotatable bonds is 2. The molecule has 1 heterocycles. The third kappa shape index (κ3) is 2.43. The van der Waals surface area contributed by atoms with E-state index in [1.807, 2.05) is 0 Å². The van der Waals surface area contributed by atoms with Crippen LogP contribution in [0.5, 0.6) is 5.75 Å². The molecule has 4 nitrogen and oxygen atoms in total. The van der Waals surface area contributed by atoms with Crippen LogP contribution in [0.1, 0.15) is 0 Å². The Morgan fingerprint density at radius 2 is 2.33 bits per heavy atom. The molecular formula is C10H12N2O2S. The van der Waals surface area contributed by atoms with Crippen molar-refractivity contribution in [1.29, 1.82) is 0 Å². The lowest BCUT2D eigenvalue weighted by atomic mass is 10.2. The van der Waals surface area contributed by atoms with Crippen molar-refractivity contribution in [3.05, 3.63) is 24.3 Å². The van der Waals surface area contributed by atoms with E-state index in [2.05, 4.69) is 10.6 Å². The first kappa shape index (κ1) is 10.3. The van der Waals surface area contributed by atoms with Crippen LogP contribution in [0.2, 0.25) is 0 Å². The number of phenolic OH excluding ortho intramolecular Hbond substituents is 1. The summed E-state index contributed by atoms with van der Waals surface area (Å²) < 4.78 is 0. The van der Waals surface area contributed by atoms with Gasteiger partial charge in [-0.25, -0.2) is 0 Å². The van der Waals surface area contributed by atoms with Crippen molar-refractivity contribution in [2.75, 3.05) is 16.9 Å². The van der Waals surface area contributed by atoms with E-state index in [1.54, 1.807) is 36.0 Å². The molecule has 5 heteroatoms. The third-order valence-corrected chi connectivity index (χ3v) is 3.13. The summed E-state index contributed by atoms with van der Waals surface area (Å²) in [7, 11) is 0. The van der Waals surface area contributed by atoms with E-state index < -0.39 is 0 Å². The Morgan fingerprint density at radius 3 is 3.00 bits per heavy atom. The second-order valence-electron chi connectivity index (χ2n) is 3.28. The summed E-state index contributed by atoms with van der Waals surface area (Å²) in [6.45, 7) is 0. The molecule has 1 atom stereocenters. The highest BCUT2D eigenvalue weighted by atomic mass is 32.2. The van der Waals surface area contributed by atoms with Crippen LogP contribution < -0.4 is 10.6 Å². The van der Waals surface area contributed by atoms with Gasteiger partial charge in [-0.1, -0.05) is 12.1 Å². The molecule has 0 aliphatic carbocycles. The van der Waals surface area contributed by atoms with E-state index in [0.29, 0.717) is 5.69 Å². The van der Waals surface area contributed by atoms with Gasteiger partial charge < -0.3 is 10.4 Å². The standard InChI is InChI=1S/C10H12N2O2S/c13-9-4-2-1-3-7(9)12-10(14)8-5-15-6-11-8/h1-4,8,11,13H,5-6H2,(H,12,14)/t8-/m1/s1. The number of hydrogen-bond donors (Lipinski definition) is 3. The fourth-order valence-corrected chi connectivity index (χ4v) is 2.30. The fraction of sp³-hybridized carbons (Fsp3) is 0.300. The molecule has 1 aliphatic rings. The number of anilines is 1. The molecule has 1 aliphatic heterocycles. The second-order valence-corrected chi connectivity index (χ2v) is 4.31. The van der Waals surface area contributed by atoms with Gasteiger partial charge in [-0.05, 0) is 12.1 Å². The van der Waals surface area contributed by atoms with Gasteiger partial charge in [-0.3, -0.25) is 10.1 Å². The molecule has 0 spiro atoms. The summed E-state index contributed by atoms with van der Waals surface area (Å²) in [4.78, 5) is 11.7. The number of benzene rings is 1. The average Bonchev–Trinajstić information content (AvgIpc) is 2.74. The molecule has 0 unspecified atom stereocenters. The lowest BCUT2D eigenvalue weighted by molar-refractivity contribution is -0.117. The zero-order chi connectivity index (χ0) is 10.7. The maximum absolute atomic E-state index is 11.7. The van der Waals surface area contributed by atoms with Crippen molar-refractivity contribution >= 4 is 23.4 Å². The molecule has 15 heavy (non-hydrogen) atoms. The van der Waals surface area contributed by atoms with Gasteiger partial charge >= 0.3 is 0 Å². The summed E-state index contributed by atoms with van der Waals surface area (Å²) >= 11 is 1.69. The Bertz CT molecular complexity index is 364. The van der Waals surface area contributed by atoms with E-state index in [9.17, 15) is 9.90 Å². The lowest BCUT2D eigenvalue weighted by Crippen LogP contribution is -2.37. The first-order valence-electron chi connectivity index (χ1n) is 4.67. The fourth-order valence-electron chi connectivity index (χ4n) is 1.36. The van der Waals surface area contributed by atoms with Crippen LogP contribution in [0.4, 0.5) is 5.69 Å². The maximum Gasteiger partial charge on any atom is 0.242 e. The minimum absolute atomic E-state index is 0.0940. The van der Waals surface area contributed by atoms with E-state index in [4.69, 9.17) is 0 Å². The molecule has 3 N–H and O–H groups in total. The monoisotopic (exact) mass is 224 g/mol. The van der Waals surface area contributed by atoms with Crippen LogP contribution in [0.3, 0.4) is 0 Å². The van der Waals surface area contributed by atoms with Crippen molar-refractivity contribution in [3.8, 4) is 5.75 Å². The van der Waals surface area contributed by atoms with Crippen molar-refractivity contribution < 1.29 is 9.90 Å². The number of carbonyl (C=O) groups excluding carboxylic acids is 1. The molecule has 1 aromatic rings. The van der Waals surface area contributed by atoms with Gasteiger partial charge in [0.1, 0.15) is 5.75 Å². The Labute approximate surface area is 92.1 Å². The molecular weight excluding hydrogens is 212 g/mol.